The van der Waals surface area contributed by atoms with Crippen LogP contribution in [-0.4, -0.2) is 15.3 Å². The highest BCUT2D eigenvalue weighted by molar-refractivity contribution is 7.71. The van der Waals surface area contributed by atoms with E-state index >= 15 is 0 Å². The van der Waals surface area contributed by atoms with Gasteiger partial charge < -0.3 is 9.55 Å². The SMILES string of the molecule is O=C(Cn1cc[nH]c1=S)c1ccccc1. The van der Waals surface area contributed by atoms with Crippen LogP contribution in [0.25, 0.3) is 0 Å². The Balaban J connectivity index is 2.18. The maximum absolute atomic E-state index is 11.8. The molecule has 0 saturated heterocycles. The van der Waals surface area contributed by atoms with E-state index in [2.05, 4.69) is 4.98 Å². The van der Waals surface area contributed by atoms with E-state index in [0.29, 0.717) is 10.3 Å². The first-order valence-corrected chi connectivity index (χ1v) is 5.00. The van der Waals surface area contributed by atoms with Gasteiger partial charge in [0, 0.05) is 18.0 Å². The van der Waals surface area contributed by atoms with E-state index in [-0.39, 0.29) is 12.3 Å². The lowest BCUT2D eigenvalue weighted by molar-refractivity contribution is 0.0971. The van der Waals surface area contributed by atoms with Crippen LogP contribution >= 0.6 is 12.2 Å². The van der Waals surface area contributed by atoms with E-state index < -0.39 is 0 Å². The van der Waals surface area contributed by atoms with Crippen molar-refractivity contribution in [1.29, 1.82) is 0 Å². The number of rotatable bonds is 3. The molecule has 0 aliphatic carbocycles. The lowest BCUT2D eigenvalue weighted by Crippen LogP contribution is -2.09. The minimum atomic E-state index is 0.0614. The molecule has 2 rings (SSSR count). The first-order chi connectivity index (χ1) is 7.27. The summed E-state index contributed by atoms with van der Waals surface area (Å²) in [5.74, 6) is 0.0614. The predicted molar refractivity (Wildman–Crippen MR) is 60.4 cm³/mol. The molecule has 0 unspecified atom stereocenters. The van der Waals surface area contributed by atoms with Gasteiger partial charge in [0.1, 0.15) is 0 Å². The van der Waals surface area contributed by atoms with Crippen molar-refractivity contribution in [2.24, 2.45) is 0 Å². The number of H-pyrrole nitrogens is 1. The number of hydrogen-bond donors (Lipinski definition) is 1. The molecule has 1 aromatic carbocycles. The fourth-order valence-electron chi connectivity index (χ4n) is 1.34. The average Bonchev–Trinajstić information content (AvgIpc) is 2.66. The Kier molecular flexibility index (Phi) is 2.78. The smallest absolute Gasteiger partial charge is 0.182 e. The lowest BCUT2D eigenvalue weighted by atomic mass is 10.1. The highest BCUT2D eigenvalue weighted by Gasteiger charge is 2.05. The molecule has 1 N–H and O–H groups in total. The van der Waals surface area contributed by atoms with Crippen molar-refractivity contribution in [2.45, 2.75) is 6.54 Å². The standard InChI is InChI=1S/C11H10N2OS/c14-10(9-4-2-1-3-5-9)8-13-7-6-12-11(13)15/h1-7H,8H2,(H,12,15). The fourth-order valence-corrected chi connectivity index (χ4v) is 1.54. The van der Waals surface area contributed by atoms with Crippen LogP contribution in [0.15, 0.2) is 42.7 Å². The number of benzene rings is 1. The number of carbonyl (C=O) groups is 1. The van der Waals surface area contributed by atoms with Gasteiger partial charge in [0.05, 0.1) is 6.54 Å². The second-order valence-electron chi connectivity index (χ2n) is 3.18. The van der Waals surface area contributed by atoms with Gasteiger partial charge in [0.2, 0.25) is 0 Å². The van der Waals surface area contributed by atoms with Crippen molar-refractivity contribution in [3.8, 4) is 0 Å². The molecular weight excluding hydrogens is 208 g/mol. The molecule has 0 radical (unpaired) electrons. The molecule has 0 aliphatic heterocycles. The van der Waals surface area contributed by atoms with Crippen LogP contribution in [0.5, 0.6) is 0 Å². The molecule has 0 fully saturated rings. The summed E-state index contributed by atoms with van der Waals surface area (Å²) in [4.78, 5) is 14.6. The number of nitrogens with one attached hydrogen (secondary N) is 1. The van der Waals surface area contributed by atoms with E-state index in [1.54, 1.807) is 29.1 Å². The van der Waals surface area contributed by atoms with Gasteiger partial charge in [-0.05, 0) is 12.2 Å². The zero-order valence-electron chi connectivity index (χ0n) is 8.01. The molecule has 0 saturated carbocycles. The second kappa shape index (κ2) is 4.23. The number of nitrogens with zero attached hydrogens (tertiary/aromatic N) is 1. The van der Waals surface area contributed by atoms with Crippen molar-refractivity contribution >= 4 is 18.0 Å². The van der Waals surface area contributed by atoms with Gasteiger partial charge in [-0.25, -0.2) is 0 Å². The lowest BCUT2D eigenvalue weighted by Gasteiger charge is -2.01. The molecule has 1 heterocycles. The largest absolute Gasteiger partial charge is 0.337 e. The van der Waals surface area contributed by atoms with Crippen molar-refractivity contribution in [2.75, 3.05) is 0 Å². The second-order valence-corrected chi connectivity index (χ2v) is 3.57. The Bertz CT molecular complexity index is 513. The van der Waals surface area contributed by atoms with E-state index in [9.17, 15) is 4.79 Å². The predicted octanol–water partition coefficient (Wildman–Crippen LogP) is 2.43. The van der Waals surface area contributed by atoms with E-state index in [0.717, 1.165) is 0 Å². The molecule has 15 heavy (non-hydrogen) atoms. The summed E-state index contributed by atoms with van der Waals surface area (Å²) in [5, 5.41) is 0. The van der Waals surface area contributed by atoms with Gasteiger partial charge in [0.15, 0.2) is 10.6 Å². The topological polar surface area (TPSA) is 37.8 Å². The Morgan fingerprint density at radius 2 is 2.07 bits per heavy atom. The van der Waals surface area contributed by atoms with Gasteiger partial charge >= 0.3 is 0 Å². The zero-order chi connectivity index (χ0) is 10.7. The van der Waals surface area contributed by atoms with Crippen LogP contribution in [0, 0.1) is 4.77 Å². The Morgan fingerprint density at radius 3 is 2.67 bits per heavy atom. The van der Waals surface area contributed by atoms with Crippen LogP contribution in [-0.2, 0) is 6.54 Å². The third kappa shape index (κ3) is 2.22. The summed E-state index contributed by atoms with van der Waals surface area (Å²) in [6.07, 6.45) is 3.49. The summed E-state index contributed by atoms with van der Waals surface area (Å²) in [7, 11) is 0. The fraction of sp³-hybridized carbons (Fsp3) is 0.0909. The van der Waals surface area contributed by atoms with Crippen molar-refractivity contribution in [1.82, 2.24) is 9.55 Å². The molecule has 0 atom stereocenters. The molecule has 2 aromatic rings. The van der Waals surface area contributed by atoms with Gasteiger partial charge in [-0.3, -0.25) is 4.79 Å². The summed E-state index contributed by atoms with van der Waals surface area (Å²) < 4.78 is 2.28. The van der Waals surface area contributed by atoms with Gasteiger partial charge in [0.25, 0.3) is 0 Å². The number of carbonyl (C=O) groups excluding carboxylic acids is 1. The van der Waals surface area contributed by atoms with Gasteiger partial charge in [-0.2, -0.15) is 0 Å². The van der Waals surface area contributed by atoms with Gasteiger partial charge in [-0.15, -0.1) is 0 Å². The van der Waals surface area contributed by atoms with Crippen LogP contribution in [0.3, 0.4) is 0 Å². The highest BCUT2D eigenvalue weighted by atomic mass is 32.1. The summed E-state index contributed by atoms with van der Waals surface area (Å²) >= 11 is 5.01. The maximum atomic E-state index is 11.8. The van der Waals surface area contributed by atoms with Crippen molar-refractivity contribution in [3.05, 3.63) is 53.1 Å². The van der Waals surface area contributed by atoms with Crippen LogP contribution < -0.4 is 0 Å². The van der Waals surface area contributed by atoms with Crippen LogP contribution in [0.4, 0.5) is 0 Å². The molecule has 0 spiro atoms. The third-order valence-electron chi connectivity index (χ3n) is 2.13. The first-order valence-electron chi connectivity index (χ1n) is 4.59. The minimum Gasteiger partial charge on any atom is -0.337 e. The Labute approximate surface area is 92.4 Å². The number of aromatic nitrogens is 2. The molecule has 76 valence electrons. The average molecular weight is 218 g/mol. The molecule has 0 aliphatic rings. The van der Waals surface area contributed by atoms with E-state index in [4.69, 9.17) is 12.2 Å². The third-order valence-corrected chi connectivity index (χ3v) is 2.48. The monoisotopic (exact) mass is 218 g/mol. The summed E-state index contributed by atoms with van der Waals surface area (Å²) in [6.45, 7) is 0.284. The number of ketones is 1. The number of aromatic amines is 1. The number of imidazole rings is 1. The van der Waals surface area contributed by atoms with Crippen molar-refractivity contribution < 1.29 is 4.79 Å². The number of Topliss-reactive ketones (excluding diaryl/α,β-unsaturated/α-hetero) is 1. The first kappa shape index (κ1) is 9.86. The molecule has 4 heteroatoms. The summed E-state index contributed by atoms with van der Waals surface area (Å²) in [5.41, 5.74) is 0.709. The molecule has 0 bridgehead atoms. The summed E-state index contributed by atoms with van der Waals surface area (Å²) in [6, 6.07) is 9.20. The van der Waals surface area contributed by atoms with Crippen LogP contribution in [0.2, 0.25) is 0 Å². The maximum Gasteiger partial charge on any atom is 0.182 e. The normalized spacial score (nSPS) is 10.1. The zero-order valence-corrected chi connectivity index (χ0v) is 8.83. The molecule has 0 amide bonds. The van der Waals surface area contributed by atoms with Gasteiger partial charge in [-0.1, -0.05) is 30.3 Å². The van der Waals surface area contributed by atoms with E-state index in [1.807, 2.05) is 18.2 Å². The highest BCUT2D eigenvalue weighted by Crippen LogP contribution is 2.02. The Morgan fingerprint density at radius 1 is 1.33 bits per heavy atom. The van der Waals surface area contributed by atoms with E-state index in [1.165, 1.54) is 0 Å². The molecule has 1 aromatic heterocycles. The van der Waals surface area contributed by atoms with Crippen LogP contribution in [0.1, 0.15) is 10.4 Å². The molecular formula is C11H10N2OS. The number of hydrogen-bond acceptors (Lipinski definition) is 2. The quantitative estimate of drug-likeness (QED) is 0.634. The molecule has 3 nitrogen and oxygen atoms in total. The minimum absolute atomic E-state index is 0.0614. The Hall–Kier alpha value is -1.68. The van der Waals surface area contributed by atoms with Crippen molar-refractivity contribution in [3.63, 3.8) is 0 Å².